The number of amides is 1. The van der Waals surface area contributed by atoms with Crippen molar-refractivity contribution in [2.24, 2.45) is 5.10 Å². The predicted octanol–water partition coefficient (Wildman–Crippen LogP) is 9.39. The van der Waals surface area contributed by atoms with Crippen molar-refractivity contribution in [1.29, 1.82) is 0 Å². The van der Waals surface area contributed by atoms with Crippen molar-refractivity contribution in [2.75, 3.05) is 7.11 Å². The molecular weight excluding hydrogens is 568 g/mol. The van der Waals surface area contributed by atoms with Gasteiger partial charge in [0, 0.05) is 16.5 Å². The van der Waals surface area contributed by atoms with E-state index in [1.165, 1.54) is 89.7 Å². The molecule has 1 N–H and O–H groups in total. The van der Waals surface area contributed by atoms with Gasteiger partial charge in [0.1, 0.15) is 11.5 Å². The van der Waals surface area contributed by atoms with Gasteiger partial charge in [-0.1, -0.05) is 113 Å². The van der Waals surface area contributed by atoms with Gasteiger partial charge in [-0.3, -0.25) is 4.79 Å². The second-order valence-electron chi connectivity index (χ2n) is 10.3. The number of hydrogen-bond acceptors (Lipinski definition) is 5. The summed E-state index contributed by atoms with van der Waals surface area (Å²) in [5, 5.41) is 4.08. The monoisotopic (exact) mass is 614 g/mol. The third-order valence-electron chi connectivity index (χ3n) is 6.90. The molecule has 0 saturated heterocycles. The van der Waals surface area contributed by atoms with Crippen LogP contribution < -0.4 is 14.9 Å². The molecule has 2 aromatic rings. The van der Waals surface area contributed by atoms with Crippen molar-refractivity contribution in [2.45, 2.75) is 110 Å². The molecule has 0 bridgehead atoms. The van der Waals surface area contributed by atoms with Crippen molar-refractivity contribution in [3.8, 4) is 11.5 Å². The van der Waals surface area contributed by atoms with E-state index >= 15 is 0 Å². The predicted molar refractivity (Wildman–Crippen MR) is 167 cm³/mol. The maximum atomic E-state index is 12.6. The second-order valence-corrected chi connectivity index (χ2v) is 11.2. The molecule has 0 heterocycles. The molecular formula is C33H47BrN2O4. The van der Waals surface area contributed by atoms with Crippen LogP contribution in [0, 0.1) is 0 Å². The Kier molecular flexibility index (Phi) is 17.7. The van der Waals surface area contributed by atoms with Crippen LogP contribution in [0.4, 0.5) is 0 Å². The first-order valence-corrected chi connectivity index (χ1v) is 15.8. The Hall–Kier alpha value is -2.67. The summed E-state index contributed by atoms with van der Waals surface area (Å²) < 4.78 is 11.5. The number of hydrogen-bond donors (Lipinski definition) is 1. The lowest BCUT2D eigenvalue weighted by Gasteiger charge is -2.08. The molecule has 0 saturated carbocycles. The molecule has 0 aliphatic rings. The number of benzene rings is 2. The normalized spacial score (nSPS) is 11.1. The molecule has 0 unspecified atom stereocenters. The van der Waals surface area contributed by atoms with Crippen molar-refractivity contribution >= 4 is 34.0 Å². The quantitative estimate of drug-likeness (QED) is 0.0499. The standard InChI is InChI=1S/C33H47BrN2O4/c1-3-4-5-6-7-8-9-10-11-12-13-14-15-16-17-18-32(37)36-35-26-28-25-29(34)21-24-31(28)40-33(38)27-19-22-30(39-2)23-20-27/h19-26H,3-18H2,1-2H3,(H,36,37)/b35-26-. The van der Waals surface area contributed by atoms with Gasteiger partial charge in [-0.25, -0.2) is 10.2 Å². The number of nitrogens with zero attached hydrogens (tertiary/aromatic N) is 1. The largest absolute Gasteiger partial charge is 0.497 e. The number of halogens is 1. The number of unbranched alkanes of at least 4 members (excludes halogenated alkanes) is 14. The summed E-state index contributed by atoms with van der Waals surface area (Å²) in [5.74, 6) is 0.409. The average molecular weight is 616 g/mol. The summed E-state index contributed by atoms with van der Waals surface area (Å²) in [6.07, 6.45) is 21.4. The van der Waals surface area contributed by atoms with Gasteiger partial charge in [0.15, 0.2) is 0 Å². The third kappa shape index (κ3) is 14.6. The Morgan fingerprint density at radius 2 is 1.35 bits per heavy atom. The molecule has 0 spiro atoms. The van der Waals surface area contributed by atoms with E-state index in [-0.39, 0.29) is 5.91 Å². The fourth-order valence-electron chi connectivity index (χ4n) is 4.49. The van der Waals surface area contributed by atoms with Gasteiger partial charge in [-0.2, -0.15) is 5.10 Å². The maximum absolute atomic E-state index is 12.6. The number of nitrogens with one attached hydrogen (secondary N) is 1. The number of methoxy groups -OCH3 is 1. The summed E-state index contributed by atoms with van der Waals surface area (Å²) in [7, 11) is 1.57. The second kappa shape index (κ2) is 21.1. The minimum absolute atomic E-state index is 0.113. The number of rotatable bonds is 21. The summed E-state index contributed by atoms with van der Waals surface area (Å²) >= 11 is 3.43. The Labute approximate surface area is 249 Å². The minimum Gasteiger partial charge on any atom is -0.497 e. The van der Waals surface area contributed by atoms with Gasteiger partial charge >= 0.3 is 5.97 Å². The van der Waals surface area contributed by atoms with E-state index in [1.54, 1.807) is 49.6 Å². The zero-order chi connectivity index (χ0) is 28.8. The minimum atomic E-state index is -0.489. The molecule has 0 aliphatic heterocycles. The molecule has 1 amide bonds. The van der Waals surface area contributed by atoms with Crippen LogP contribution in [0.15, 0.2) is 52.0 Å². The molecule has 6 nitrogen and oxygen atoms in total. The molecule has 220 valence electrons. The van der Waals surface area contributed by atoms with Crippen LogP contribution in [-0.2, 0) is 4.79 Å². The maximum Gasteiger partial charge on any atom is 0.343 e. The number of carbonyl (C=O) groups excluding carboxylic acids is 2. The Bertz CT molecular complexity index is 1020. The topological polar surface area (TPSA) is 77.0 Å². The first-order valence-electron chi connectivity index (χ1n) is 15.0. The highest BCUT2D eigenvalue weighted by Gasteiger charge is 2.12. The van der Waals surface area contributed by atoms with E-state index in [4.69, 9.17) is 9.47 Å². The summed E-state index contributed by atoms with van der Waals surface area (Å²) in [6, 6.07) is 11.9. The van der Waals surface area contributed by atoms with Crippen molar-refractivity contribution in [3.63, 3.8) is 0 Å². The highest BCUT2D eigenvalue weighted by Crippen LogP contribution is 2.23. The highest BCUT2D eigenvalue weighted by atomic mass is 79.9. The lowest BCUT2D eigenvalue weighted by molar-refractivity contribution is -0.121. The van der Waals surface area contributed by atoms with Crippen LogP contribution >= 0.6 is 15.9 Å². The molecule has 7 heteroatoms. The van der Waals surface area contributed by atoms with Crippen LogP contribution in [0.1, 0.15) is 126 Å². The number of esters is 1. The fraction of sp³-hybridized carbons (Fsp3) is 0.545. The molecule has 0 fully saturated rings. The van der Waals surface area contributed by atoms with Gasteiger partial charge in [-0.15, -0.1) is 0 Å². The Balaban J connectivity index is 1.59. The smallest absolute Gasteiger partial charge is 0.343 e. The highest BCUT2D eigenvalue weighted by molar-refractivity contribution is 9.10. The van der Waals surface area contributed by atoms with Crippen molar-refractivity contribution in [1.82, 2.24) is 5.43 Å². The first-order chi connectivity index (χ1) is 19.5. The van der Waals surface area contributed by atoms with Crippen LogP contribution in [-0.4, -0.2) is 25.2 Å². The van der Waals surface area contributed by atoms with Crippen molar-refractivity contribution in [3.05, 3.63) is 58.1 Å². The van der Waals surface area contributed by atoms with Gasteiger partial charge in [0.25, 0.3) is 0 Å². The van der Waals surface area contributed by atoms with E-state index in [0.29, 0.717) is 29.0 Å². The average Bonchev–Trinajstić information content (AvgIpc) is 2.96. The van der Waals surface area contributed by atoms with E-state index in [0.717, 1.165) is 17.3 Å². The van der Waals surface area contributed by atoms with Crippen molar-refractivity contribution < 1.29 is 19.1 Å². The first kappa shape index (κ1) is 33.5. The zero-order valence-electron chi connectivity index (χ0n) is 24.4. The summed E-state index contributed by atoms with van der Waals surface area (Å²) in [4.78, 5) is 24.8. The van der Waals surface area contributed by atoms with Crippen LogP contribution in [0.3, 0.4) is 0 Å². The van der Waals surface area contributed by atoms with Gasteiger partial charge in [0.2, 0.25) is 5.91 Å². The lowest BCUT2D eigenvalue weighted by atomic mass is 10.0. The van der Waals surface area contributed by atoms with E-state index in [2.05, 4.69) is 33.4 Å². The van der Waals surface area contributed by atoms with E-state index < -0.39 is 5.97 Å². The van der Waals surface area contributed by atoms with Gasteiger partial charge < -0.3 is 9.47 Å². The van der Waals surface area contributed by atoms with Crippen LogP contribution in [0.25, 0.3) is 0 Å². The molecule has 0 aromatic heterocycles. The number of carbonyl (C=O) groups is 2. The number of ether oxygens (including phenoxy) is 2. The van der Waals surface area contributed by atoms with Crippen LogP contribution in [0.5, 0.6) is 11.5 Å². The molecule has 0 aliphatic carbocycles. The Morgan fingerprint density at radius 3 is 1.90 bits per heavy atom. The SMILES string of the molecule is CCCCCCCCCCCCCCCCCC(=O)N/N=C\c1cc(Br)ccc1OC(=O)c1ccc(OC)cc1. The zero-order valence-corrected chi connectivity index (χ0v) is 26.0. The van der Waals surface area contributed by atoms with Gasteiger partial charge in [0.05, 0.1) is 18.9 Å². The Morgan fingerprint density at radius 1 is 0.800 bits per heavy atom. The summed E-state index contributed by atoms with van der Waals surface area (Å²) in [5.41, 5.74) is 3.56. The third-order valence-corrected chi connectivity index (χ3v) is 7.39. The van der Waals surface area contributed by atoms with Crippen LogP contribution in [0.2, 0.25) is 0 Å². The van der Waals surface area contributed by atoms with Gasteiger partial charge in [-0.05, 0) is 48.9 Å². The molecule has 0 atom stereocenters. The molecule has 40 heavy (non-hydrogen) atoms. The number of hydrazone groups is 1. The summed E-state index contributed by atoms with van der Waals surface area (Å²) in [6.45, 7) is 2.27. The molecule has 2 aromatic carbocycles. The van der Waals surface area contributed by atoms with E-state index in [9.17, 15) is 9.59 Å². The molecule has 0 radical (unpaired) electrons. The fourth-order valence-corrected chi connectivity index (χ4v) is 4.86. The molecule has 2 rings (SSSR count). The lowest BCUT2D eigenvalue weighted by Crippen LogP contribution is -2.17. The van der Waals surface area contributed by atoms with E-state index in [1.807, 2.05) is 0 Å².